The van der Waals surface area contributed by atoms with Crippen LogP contribution < -0.4 is 5.73 Å². The Bertz CT molecular complexity index is 1320. The first kappa shape index (κ1) is 40.1. The molecule has 2 rings (SSSR count). The molecule has 0 aliphatic carbocycles. The monoisotopic (exact) mass is 987 g/mol. The van der Waals surface area contributed by atoms with Gasteiger partial charge in [-0.2, -0.15) is 0 Å². The molecule has 1 heterocycles. The highest BCUT2D eigenvalue weighted by atomic mass is 127. The predicted molar refractivity (Wildman–Crippen MR) is 185 cm³/mol. The molecule has 1 atom stereocenters. The van der Waals surface area contributed by atoms with Gasteiger partial charge < -0.3 is 39.1 Å². The molecule has 0 spiro atoms. The van der Waals surface area contributed by atoms with Crippen LogP contribution in [0.1, 0.15) is 57.0 Å². The minimum atomic E-state index is -1.50. The van der Waals surface area contributed by atoms with Gasteiger partial charge in [-0.1, -0.05) is 0 Å². The zero-order valence-electron chi connectivity index (χ0n) is 25.9. The maximum absolute atomic E-state index is 13.7. The van der Waals surface area contributed by atoms with Gasteiger partial charge in [0.2, 0.25) is 0 Å². The van der Waals surface area contributed by atoms with Crippen LogP contribution in [0.5, 0.6) is 0 Å². The van der Waals surface area contributed by atoms with E-state index < -0.39 is 53.9 Å². The van der Waals surface area contributed by atoms with Crippen LogP contribution >= 0.6 is 67.8 Å². The molecule has 1 saturated heterocycles. The van der Waals surface area contributed by atoms with E-state index in [2.05, 4.69) is 22.6 Å². The molecular weight excluding hydrogens is 951 g/mol. The molecule has 0 saturated carbocycles. The minimum absolute atomic E-state index is 0.0178. The molecule has 1 aromatic carbocycles. The summed E-state index contributed by atoms with van der Waals surface area (Å²) in [4.78, 5) is 75.7. The Morgan fingerprint density at radius 2 is 1.41 bits per heavy atom. The van der Waals surface area contributed by atoms with Crippen molar-refractivity contribution in [1.29, 1.82) is 0 Å². The number of nitrogens with zero attached hydrogens (tertiary/aromatic N) is 2. The van der Waals surface area contributed by atoms with Crippen LogP contribution in [0.4, 0.5) is 4.79 Å². The number of hydrogen-bond acceptors (Lipinski definition) is 12. The van der Waals surface area contributed by atoms with E-state index in [0.717, 1.165) is 4.90 Å². The largest absolute Gasteiger partial charge is 0.466 e. The number of hydrogen-bond donors (Lipinski definition) is 1. The van der Waals surface area contributed by atoms with E-state index in [9.17, 15) is 28.8 Å². The third kappa shape index (κ3) is 11.9. The molecule has 15 nitrogen and oxygen atoms in total. The van der Waals surface area contributed by atoms with Gasteiger partial charge in [-0.3, -0.25) is 28.9 Å². The summed E-state index contributed by atoms with van der Waals surface area (Å²) in [5, 5.41) is 0. The summed E-state index contributed by atoms with van der Waals surface area (Å²) < 4.78 is 34.1. The Kier molecular flexibility index (Phi) is 15.6. The molecule has 46 heavy (non-hydrogen) atoms. The van der Waals surface area contributed by atoms with E-state index in [-0.39, 0.29) is 52.5 Å². The van der Waals surface area contributed by atoms with Crippen molar-refractivity contribution < 1.29 is 57.2 Å². The van der Waals surface area contributed by atoms with Crippen molar-refractivity contribution in [3.05, 3.63) is 27.9 Å². The first-order valence-electron chi connectivity index (χ1n) is 13.8. The van der Waals surface area contributed by atoms with E-state index in [4.69, 9.17) is 34.2 Å². The van der Waals surface area contributed by atoms with Crippen LogP contribution in [0.2, 0.25) is 0 Å². The highest BCUT2D eigenvalue weighted by Gasteiger charge is 2.51. The normalized spacial score (nSPS) is 16.7. The van der Waals surface area contributed by atoms with E-state index in [1.165, 1.54) is 25.7 Å². The fourth-order valence-corrected chi connectivity index (χ4v) is 8.47. The fourth-order valence-electron chi connectivity index (χ4n) is 4.33. The summed E-state index contributed by atoms with van der Waals surface area (Å²) in [5.74, 6) is -3.88. The van der Waals surface area contributed by atoms with Crippen LogP contribution in [-0.2, 0) is 54.2 Å². The quantitative estimate of drug-likeness (QED) is 0.154. The lowest BCUT2D eigenvalue weighted by Gasteiger charge is -2.38. The summed E-state index contributed by atoms with van der Waals surface area (Å²) in [7, 11) is 0. The Labute approximate surface area is 307 Å². The van der Waals surface area contributed by atoms with Crippen LogP contribution in [0.25, 0.3) is 0 Å². The molecule has 0 aromatic heterocycles. The lowest BCUT2D eigenvalue weighted by atomic mass is 10.1. The Morgan fingerprint density at radius 3 is 1.89 bits per heavy atom. The minimum Gasteiger partial charge on any atom is -0.466 e. The third-order valence-corrected chi connectivity index (χ3v) is 9.40. The van der Waals surface area contributed by atoms with Crippen molar-refractivity contribution in [1.82, 2.24) is 9.80 Å². The van der Waals surface area contributed by atoms with Gasteiger partial charge in [-0.25, -0.2) is 4.79 Å². The van der Waals surface area contributed by atoms with Gasteiger partial charge in [0.25, 0.3) is 5.91 Å². The molecule has 1 unspecified atom stereocenters. The molecule has 3 amide bonds. The summed E-state index contributed by atoms with van der Waals surface area (Å²) in [6.45, 7) is 5.88. The lowest BCUT2D eigenvalue weighted by molar-refractivity contribution is -0.200. The van der Waals surface area contributed by atoms with Crippen LogP contribution in [0.15, 0.2) is 6.07 Å². The molecule has 1 aliphatic rings. The number of benzene rings is 1. The number of nitrogens with two attached hydrogens (primary N) is 1. The molecule has 18 heteroatoms. The van der Waals surface area contributed by atoms with Crippen molar-refractivity contribution in [2.75, 3.05) is 46.1 Å². The van der Waals surface area contributed by atoms with Crippen LogP contribution in [0.3, 0.4) is 0 Å². The van der Waals surface area contributed by atoms with Gasteiger partial charge in [0, 0.05) is 43.5 Å². The summed E-state index contributed by atoms with van der Waals surface area (Å²) in [5.41, 5.74) is 5.01. The van der Waals surface area contributed by atoms with Crippen molar-refractivity contribution in [3.8, 4) is 0 Å². The molecule has 1 aliphatic heterocycles. The number of amides is 3. The summed E-state index contributed by atoms with van der Waals surface area (Å²) >= 11 is 6.09. The van der Waals surface area contributed by atoms with Gasteiger partial charge in [-0.05, 0) is 87.7 Å². The Morgan fingerprint density at radius 1 is 0.870 bits per heavy atom. The molecular formula is C28H36I3N3O12. The lowest BCUT2D eigenvalue weighted by Crippen LogP contribution is -2.58. The zero-order valence-corrected chi connectivity index (χ0v) is 32.4. The maximum atomic E-state index is 13.7. The fraction of sp³-hybridized carbons (Fsp3) is 0.571. The summed E-state index contributed by atoms with van der Waals surface area (Å²) in [6, 6.07) is 0.775. The van der Waals surface area contributed by atoms with E-state index in [1.54, 1.807) is 19.9 Å². The third-order valence-electron chi connectivity index (χ3n) is 6.40. The zero-order chi connectivity index (χ0) is 34.8. The Hall–Kier alpha value is -2.05. The predicted octanol–water partition coefficient (Wildman–Crippen LogP) is 2.93. The van der Waals surface area contributed by atoms with Crippen molar-refractivity contribution in [2.24, 2.45) is 5.73 Å². The number of halogens is 3. The van der Waals surface area contributed by atoms with E-state index in [1.807, 2.05) is 45.2 Å². The number of primary amides is 1. The molecule has 0 bridgehead atoms. The van der Waals surface area contributed by atoms with Crippen LogP contribution in [0, 0.1) is 10.7 Å². The van der Waals surface area contributed by atoms with Crippen molar-refractivity contribution >= 4 is 104 Å². The molecule has 0 radical (unpaired) electrons. The molecule has 1 aromatic rings. The smallest absolute Gasteiger partial charge is 0.326 e. The van der Waals surface area contributed by atoms with E-state index >= 15 is 0 Å². The summed E-state index contributed by atoms with van der Waals surface area (Å²) in [6.07, 6.45) is -0.0178. The number of urea groups is 1. The highest BCUT2D eigenvalue weighted by molar-refractivity contribution is 14.1. The second-order valence-electron chi connectivity index (χ2n) is 10.4. The number of rotatable bonds is 15. The second-order valence-corrected chi connectivity index (χ2v) is 13.8. The average Bonchev–Trinajstić information content (AvgIpc) is 3.24. The van der Waals surface area contributed by atoms with Crippen molar-refractivity contribution in [3.63, 3.8) is 0 Å². The number of ether oxygens (including phenoxy) is 6. The topological polar surface area (TPSA) is 190 Å². The van der Waals surface area contributed by atoms with Gasteiger partial charge in [0.1, 0.15) is 26.4 Å². The number of carbonyl (C=O) groups is 6. The van der Waals surface area contributed by atoms with Gasteiger partial charge in [0.15, 0.2) is 11.5 Å². The SMILES string of the molecule is CC(=O)OCCN(CCOC(C)=O)C(=O)c1c(I)cc(I)c(COC(=O)CN(C(N)=O)C2(CCOC(C)=O)COC(C)(C)O2)c1I. The molecule has 256 valence electrons. The molecule has 2 N–H and O–H groups in total. The Balaban J connectivity index is 2.28. The van der Waals surface area contributed by atoms with Gasteiger partial charge in [0.05, 0.1) is 31.9 Å². The molecule has 1 fully saturated rings. The van der Waals surface area contributed by atoms with E-state index in [0.29, 0.717) is 21.8 Å². The maximum Gasteiger partial charge on any atom is 0.326 e. The van der Waals surface area contributed by atoms with Crippen molar-refractivity contribution in [2.45, 2.75) is 59.2 Å². The first-order valence-corrected chi connectivity index (χ1v) is 17.0. The van der Waals surface area contributed by atoms with Gasteiger partial charge in [-0.15, -0.1) is 0 Å². The number of carbonyl (C=O) groups excluding carboxylic acids is 6. The van der Waals surface area contributed by atoms with Gasteiger partial charge >= 0.3 is 29.9 Å². The average molecular weight is 987 g/mol. The number of esters is 4. The first-order chi connectivity index (χ1) is 21.4. The second kappa shape index (κ2) is 17.9. The highest BCUT2D eigenvalue weighted by Crippen LogP contribution is 2.36. The van der Waals surface area contributed by atoms with Crippen LogP contribution in [-0.4, -0.2) is 103 Å². The standard InChI is InChI=1S/C28H36I3N3O12/c1-16(35)41-9-6-28(15-45-27(4,5)46-28)34(26(32)40)13-22(38)44-14-19-20(29)12-21(30)23(24(19)31)25(39)33(7-10-42-17(2)36)8-11-43-18(3)37/h12H,6-11,13-15H2,1-5H3,(H2,32,40).